The molecule has 0 bridgehead atoms. The Morgan fingerprint density at radius 2 is 1.43 bits per heavy atom. The highest BCUT2D eigenvalue weighted by atomic mass is 16.2. The standard InChI is InChI=1S/C24H20N4O2/c29-23(19-14-8-3-9-15-19)26-21-22(18-12-6-2-7-13-18)27-20(16-25-28(27)24(21)30)17-10-4-1-5-11-17/h1-16,21-22,25H,(H,26,29)/t21-,22-/m1/s1. The average molecular weight is 396 g/mol. The first kappa shape index (κ1) is 18.0. The lowest BCUT2D eigenvalue weighted by atomic mass is 9.98. The monoisotopic (exact) mass is 396 g/mol. The molecule has 6 heteroatoms. The maximum absolute atomic E-state index is 13.3. The summed E-state index contributed by atoms with van der Waals surface area (Å²) in [7, 11) is 0. The normalized spacial score (nSPS) is 19.9. The van der Waals surface area contributed by atoms with Crippen molar-refractivity contribution in [2.24, 2.45) is 0 Å². The van der Waals surface area contributed by atoms with Crippen molar-refractivity contribution >= 4 is 17.5 Å². The predicted molar refractivity (Wildman–Crippen MR) is 113 cm³/mol. The van der Waals surface area contributed by atoms with Crippen molar-refractivity contribution in [1.29, 1.82) is 0 Å². The second-order valence-electron chi connectivity index (χ2n) is 7.19. The van der Waals surface area contributed by atoms with Gasteiger partial charge in [0.05, 0.1) is 5.70 Å². The van der Waals surface area contributed by atoms with E-state index in [-0.39, 0.29) is 17.9 Å². The molecular weight excluding hydrogens is 376 g/mol. The number of carbonyl (C=O) groups excluding carboxylic acids is 2. The summed E-state index contributed by atoms with van der Waals surface area (Å²) < 4.78 is 0. The molecule has 148 valence electrons. The van der Waals surface area contributed by atoms with Crippen LogP contribution in [-0.4, -0.2) is 28.0 Å². The number of rotatable bonds is 4. The van der Waals surface area contributed by atoms with E-state index in [9.17, 15) is 9.59 Å². The molecule has 2 aliphatic rings. The first-order valence-electron chi connectivity index (χ1n) is 9.80. The van der Waals surface area contributed by atoms with Gasteiger partial charge in [-0.2, -0.15) is 5.12 Å². The summed E-state index contributed by atoms with van der Waals surface area (Å²) in [6.07, 6.45) is 1.82. The van der Waals surface area contributed by atoms with Gasteiger partial charge in [0.2, 0.25) is 0 Å². The molecule has 2 atom stereocenters. The van der Waals surface area contributed by atoms with Crippen LogP contribution in [0.3, 0.4) is 0 Å². The Balaban J connectivity index is 1.53. The number of hydrazine groups is 2. The molecule has 6 nitrogen and oxygen atoms in total. The molecule has 2 N–H and O–H groups in total. The molecule has 0 unspecified atom stereocenters. The van der Waals surface area contributed by atoms with Crippen LogP contribution in [0.4, 0.5) is 0 Å². The molecule has 1 fully saturated rings. The van der Waals surface area contributed by atoms with Gasteiger partial charge in [0.15, 0.2) is 0 Å². The van der Waals surface area contributed by atoms with Crippen molar-refractivity contribution in [3.05, 3.63) is 114 Å². The number of benzene rings is 3. The summed E-state index contributed by atoms with van der Waals surface area (Å²) >= 11 is 0. The molecule has 5 rings (SSSR count). The van der Waals surface area contributed by atoms with Gasteiger partial charge < -0.3 is 5.32 Å². The molecule has 30 heavy (non-hydrogen) atoms. The van der Waals surface area contributed by atoms with E-state index in [0.29, 0.717) is 5.56 Å². The Labute approximate surface area is 174 Å². The molecule has 3 aromatic carbocycles. The Hall–Kier alpha value is -4.06. The lowest BCUT2D eigenvalue weighted by Gasteiger charge is -2.30. The highest BCUT2D eigenvalue weighted by Crippen LogP contribution is 2.41. The van der Waals surface area contributed by atoms with Crippen LogP contribution >= 0.6 is 0 Å². The van der Waals surface area contributed by atoms with Gasteiger partial charge in [0.25, 0.3) is 11.8 Å². The van der Waals surface area contributed by atoms with Crippen molar-refractivity contribution in [2.75, 3.05) is 0 Å². The molecule has 0 saturated carbocycles. The molecule has 2 heterocycles. The summed E-state index contributed by atoms with van der Waals surface area (Å²) in [5.74, 6) is -0.488. The highest BCUT2D eigenvalue weighted by molar-refractivity contribution is 5.99. The molecule has 3 aromatic rings. The van der Waals surface area contributed by atoms with E-state index in [4.69, 9.17) is 0 Å². The molecule has 2 aliphatic heterocycles. The fraction of sp³-hybridized carbons (Fsp3) is 0.0833. The van der Waals surface area contributed by atoms with Crippen LogP contribution in [0.1, 0.15) is 27.5 Å². The van der Waals surface area contributed by atoms with Crippen molar-refractivity contribution in [2.45, 2.75) is 12.1 Å². The molecular formula is C24H20N4O2. The lowest BCUT2D eigenvalue weighted by molar-refractivity contribution is -0.138. The molecule has 0 radical (unpaired) electrons. The van der Waals surface area contributed by atoms with Crippen LogP contribution in [0, 0.1) is 0 Å². The zero-order chi connectivity index (χ0) is 20.5. The van der Waals surface area contributed by atoms with Crippen LogP contribution in [-0.2, 0) is 4.79 Å². The second-order valence-corrected chi connectivity index (χ2v) is 7.19. The van der Waals surface area contributed by atoms with Gasteiger partial charge >= 0.3 is 0 Å². The Kier molecular flexibility index (Phi) is 4.44. The highest BCUT2D eigenvalue weighted by Gasteiger charge is 2.51. The van der Waals surface area contributed by atoms with E-state index in [0.717, 1.165) is 16.8 Å². The Bertz CT molecular complexity index is 1100. The lowest BCUT2D eigenvalue weighted by Crippen LogP contribution is -2.45. The van der Waals surface area contributed by atoms with Gasteiger partial charge in [-0.15, -0.1) is 0 Å². The van der Waals surface area contributed by atoms with E-state index in [1.54, 1.807) is 24.3 Å². The van der Waals surface area contributed by atoms with E-state index < -0.39 is 6.04 Å². The maximum Gasteiger partial charge on any atom is 0.285 e. The predicted octanol–water partition coefficient (Wildman–Crippen LogP) is 3.10. The average Bonchev–Trinajstić information content (AvgIpc) is 3.35. The first-order valence-corrected chi connectivity index (χ1v) is 9.80. The van der Waals surface area contributed by atoms with Crippen LogP contribution in [0.2, 0.25) is 0 Å². The van der Waals surface area contributed by atoms with Gasteiger partial charge in [0.1, 0.15) is 12.1 Å². The summed E-state index contributed by atoms with van der Waals surface area (Å²) in [6.45, 7) is 0. The summed E-state index contributed by atoms with van der Waals surface area (Å²) in [5.41, 5.74) is 6.37. The minimum absolute atomic E-state index is 0.213. The van der Waals surface area contributed by atoms with Gasteiger partial charge in [-0.05, 0) is 17.7 Å². The number of carbonyl (C=O) groups is 2. The number of nitrogens with zero attached hydrogens (tertiary/aromatic N) is 2. The zero-order valence-electron chi connectivity index (χ0n) is 16.1. The summed E-state index contributed by atoms with van der Waals surface area (Å²) in [4.78, 5) is 26.1. The topological polar surface area (TPSA) is 64.7 Å². The van der Waals surface area contributed by atoms with Gasteiger partial charge in [-0.1, -0.05) is 78.9 Å². The van der Waals surface area contributed by atoms with Crippen LogP contribution in [0.25, 0.3) is 5.70 Å². The molecule has 2 amide bonds. The second kappa shape index (κ2) is 7.40. The maximum atomic E-state index is 13.3. The Morgan fingerprint density at radius 1 is 0.833 bits per heavy atom. The summed E-state index contributed by atoms with van der Waals surface area (Å²) in [5, 5.41) is 6.36. The zero-order valence-corrected chi connectivity index (χ0v) is 16.1. The molecule has 0 aromatic heterocycles. The number of amides is 2. The van der Waals surface area contributed by atoms with Crippen LogP contribution < -0.4 is 10.7 Å². The van der Waals surface area contributed by atoms with Gasteiger partial charge in [0, 0.05) is 17.3 Å². The smallest absolute Gasteiger partial charge is 0.285 e. The van der Waals surface area contributed by atoms with Gasteiger partial charge in [-0.3, -0.25) is 20.0 Å². The number of fused-ring (bicyclic) bond motifs is 1. The molecule has 0 spiro atoms. The SMILES string of the molecule is O=C(N[C@H]1C(=O)N2NC=C(c3ccccc3)N2[C@@H]1c1ccccc1)c1ccccc1. The van der Waals surface area contributed by atoms with E-state index in [1.807, 2.05) is 77.9 Å². The first-order chi connectivity index (χ1) is 14.7. The minimum Gasteiger partial charge on any atom is -0.338 e. The van der Waals surface area contributed by atoms with Crippen LogP contribution in [0.5, 0.6) is 0 Å². The number of hydrogen-bond acceptors (Lipinski definition) is 4. The van der Waals surface area contributed by atoms with E-state index >= 15 is 0 Å². The summed E-state index contributed by atoms with van der Waals surface area (Å²) in [6, 6.07) is 27.5. The van der Waals surface area contributed by atoms with Crippen molar-refractivity contribution in [3.8, 4) is 0 Å². The van der Waals surface area contributed by atoms with E-state index in [2.05, 4.69) is 10.7 Å². The number of hydrogen-bond donors (Lipinski definition) is 2. The number of nitrogens with one attached hydrogen (secondary N) is 2. The van der Waals surface area contributed by atoms with Crippen molar-refractivity contribution in [3.63, 3.8) is 0 Å². The Morgan fingerprint density at radius 3 is 2.10 bits per heavy atom. The quantitative estimate of drug-likeness (QED) is 0.711. The fourth-order valence-corrected chi connectivity index (χ4v) is 3.97. The fourth-order valence-electron chi connectivity index (χ4n) is 3.97. The van der Waals surface area contributed by atoms with E-state index in [1.165, 1.54) is 5.12 Å². The third kappa shape index (κ3) is 2.99. The van der Waals surface area contributed by atoms with Gasteiger partial charge in [-0.25, -0.2) is 0 Å². The molecule has 0 aliphatic carbocycles. The third-order valence-electron chi connectivity index (χ3n) is 5.37. The van der Waals surface area contributed by atoms with Crippen LogP contribution in [0.15, 0.2) is 97.2 Å². The largest absolute Gasteiger partial charge is 0.338 e. The van der Waals surface area contributed by atoms with Crippen molar-refractivity contribution < 1.29 is 9.59 Å². The molecule has 1 saturated heterocycles. The van der Waals surface area contributed by atoms with Crippen molar-refractivity contribution in [1.82, 2.24) is 20.9 Å². The minimum atomic E-state index is -0.736. The third-order valence-corrected chi connectivity index (χ3v) is 5.37.